The molecule has 2 aromatic carbocycles. The molecule has 0 amide bonds. The largest absolute Gasteiger partial charge is 0.494 e. The molecule has 0 fully saturated rings. The molecule has 0 saturated carbocycles. The lowest BCUT2D eigenvalue weighted by Gasteiger charge is -2.11. The second kappa shape index (κ2) is 6.48. The van der Waals surface area contributed by atoms with Crippen molar-refractivity contribution in [2.45, 2.75) is 0 Å². The highest BCUT2D eigenvalue weighted by atomic mass is 16.5. The topological polar surface area (TPSA) is 64.3 Å². The van der Waals surface area contributed by atoms with Gasteiger partial charge in [-0.15, -0.1) is 10.2 Å². The number of para-hydroxylation sites is 1. The first-order chi connectivity index (χ1) is 12.7. The molecule has 130 valence electrons. The van der Waals surface area contributed by atoms with Gasteiger partial charge in [-0.1, -0.05) is 18.2 Å². The summed E-state index contributed by atoms with van der Waals surface area (Å²) in [4.78, 5) is 6.67. The average Bonchev–Trinajstić information content (AvgIpc) is 3.17. The first kappa shape index (κ1) is 16.1. The quantitative estimate of drug-likeness (QED) is 0.556. The maximum Gasteiger partial charge on any atom is 0.266 e. The molecule has 0 unspecified atom stereocenters. The van der Waals surface area contributed by atoms with Crippen molar-refractivity contribution in [1.82, 2.24) is 15.2 Å². The van der Waals surface area contributed by atoms with Crippen LogP contribution in [-0.4, -0.2) is 36.4 Å². The van der Waals surface area contributed by atoms with Gasteiger partial charge in [-0.3, -0.25) is 0 Å². The summed E-state index contributed by atoms with van der Waals surface area (Å²) in [6, 6.07) is 17.6. The first-order valence-electron chi connectivity index (χ1n) is 8.21. The van der Waals surface area contributed by atoms with Crippen LogP contribution in [0.1, 0.15) is 0 Å². The normalized spacial score (nSPS) is 10.9. The van der Waals surface area contributed by atoms with E-state index in [0.29, 0.717) is 23.2 Å². The van der Waals surface area contributed by atoms with Crippen LogP contribution in [0.5, 0.6) is 5.75 Å². The molecular weight excluding hydrogens is 328 g/mol. The number of ether oxygens (including phenoxy) is 1. The van der Waals surface area contributed by atoms with Crippen molar-refractivity contribution in [3.05, 3.63) is 54.6 Å². The van der Waals surface area contributed by atoms with Gasteiger partial charge < -0.3 is 14.1 Å². The van der Waals surface area contributed by atoms with Crippen LogP contribution in [0.3, 0.4) is 0 Å². The van der Waals surface area contributed by atoms with Gasteiger partial charge in [0.2, 0.25) is 5.89 Å². The summed E-state index contributed by atoms with van der Waals surface area (Å²) in [6.07, 6.45) is 0. The van der Waals surface area contributed by atoms with Crippen molar-refractivity contribution < 1.29 is 9.15 Å². The molecule has 4 aromatic rings. The number of hydrogen-bond acceptors (Lipinski definition) is 6. The molecule has 6 nitrogen and oxygen atoms in total. The second-order valence-electron chi connectivity index (χ2n) is 6.08. The summed E-state index contributed by atoms with van der Waals surface area (Å²) in [7, 11) is 5.63. The van der Waals surface area contributed by atoms with Gasteiger partial charge in [0.15, 0.2) is 0 Å². The third-order valence-electron chi connectivity index (χ3n) is 4.18. The molecule has 2 heterocycles. The molecule has 2 aromatic heterocycles. The molecule has 0 bridgehead atoms. The zero-order chi connectivity index (χ0) is 18.1. The lowest BCUT2D eigenvalue weighted by atomic mass is 10.2. The maximum atomic E-state index is 5.84. The Morgan fingerprint density at radius 1 is 0.885 bits per heavy atom. The third-order valence-corrected chi connectivity index (χ3v) is 4.18. The van der Waals surface area contributed by atoms with Gasteiger partial charge in [-0.2, -0.15) is 0 Å². The lowest BCUT2D eigenvalue weighted by Crippen LogP contribution is -2.07. The molecule has 0 spiro atoms. The molecule has 0 N–H and O–H groups in total. The van der Waals surface area contributed by atoms with Gasteiger partial charge in [0.1, 0.15) is 17.0 Å². The Balaban J connectivity index is 1.70. The molecule has 0 saturated heterocycles. The van der Waals surface area contributed by atoms with Crippen molar-refractivity contribution in [3.8, 4) is 28.8 Å². The Bertz CT molecular complexity index is 1060. The lowest BCUT2D eigenvalue weighted by molar-refractivity contribution is 0.419. The van der Waals surface area contributed by atoms with E-state index in [2.05, 4.69) is 15.2 Å². The maximum absolute atomic E-state index is 5.84. The van der Waals surface area contributed by atoms with Crippen LogP contribution in [0.2, 0.25) is 0 Å². The molecule has 26 heavy (non-hydrogen) atoms. The number of pyridine rings is 1. The SMILES string of the molecule is COc1cccc2ccc(-c3nnc(-c4ccc(N(C)C)cc4)o3)nc12. The summed E-state index contributed by atoms with van der Waals surface area (Å²) < 4.78 is 11.2. The zero-order valence-electron chi connectivity index (χ0n) is 14.8. The Kier molecular flexibility index (Phi) is 4.01. The molecule has 0 aliphatic carbocycles. The molecule has 0 aliphatic rings. The summed E-state index contributed by atoms with van der Waals surface area (Å²) in [6.45, 7) is 0. The van der Waals surface area contributed by atoms with Crippen LogP contribution in [0.15, 0.2) is 59.0 Å². The smallest absolute Gasteiger partial charge is 0.266 e. The number of nitrogens with zero attached hydrogens (tertiary/aromatic N) is 4. The first-order valence-corrected chi connectivity index (χ1v) is 8.21. The summed E-state index contributed by atoms with van der Waals surface area (Å²) in [5.41, 5.74) is 3.36. The van der Waals surface area contributed by atoms with E-state index in [0.717, 1.165) is 22.2 Å². The fourth-order valence-electron chi connectivity index (χ4n) is 2.75. The Morgan fingerprint density at radius 2 is 1.65 bits per heavy atom. The standard InChI is InChI=1S/C20H18N4O2/c1-24(2)15-10-7-14(8-11-15)19-22-23-20(26-19)16-12-9-13-5-4-6-17(25-3)18(13)21-16/h4-12H,1-3H3. The fourth-order valence-corrected chi connectivity index (χ4v) is 2.75. The number of benzene rings is 2. The minimum absolute atomic E-state index is 0.379. The summed E-state index contributed by atoms with van der Waals surface area (Å²) in [5.74, 6) is 1.56. The van der Waals surface area contributed by atoms with E-state index in [-0.39, 0.29) is 0 Å². The molecule has 6 heteroatoms. The van der Waals surface area contributed by atoms with E-state index in [9.17, 15) is 0 Å². The van der Waals surface area contributed by atoms with Crippen molar-refractivity contribution in [1.29, 1.82) is 0 Å². The van der Waals surface area contributed by atoms with Crippen molar-refractivity contribution in [2.24, 2.45) is 0 Å². The van der Waals surface area contributed by atoms with Crippen molar-refractivity contribution in [3.63, 3.8) is 0 Å². The van der Waals surface area contributed by atoms with E-state index >= 15 is 0 Å². The van der Waals surface area contributed by atoms with E-state index in [4.69, 9.17) is 9.15 Å². The minimum atomic E-state index is 0.379. The van der Waals surface area contributed by atoms with Gasteiger partial charge in [-0.05, 0) is 36.4 Å². The molecular formula is C20H18N4O2. The Hall–Kier alpha value is -3.41. The predicted molar refractivity (Wildman–Crippen MR) is 101 cm³/mol. The molecule has 0 radical (unpaired) electrons. The van der Waals surface area contributed by atoms with Gasteiger partial charge >= 0.3 is 0 Å². The van der Waals surface area contributed by atoms with E-state index in [1.807, 2.05) is 73.6 Å². The molecule has 0 aliphatic heterocycles. The van der Waals surface area contributed by atoms with Gasteiger partial charge in [0.25, 0.3) is 5.89 Å². The predicted octanol–water partition coefficient (Wildman–Crippen LogP) is 4.03. The van der Waals surface area contributed by atoms with Crippen LogP contribution in [0.4, 0.5) is 5.69 Å². The fraction of sp³-hybridized carbons (Fsp3) is 0.150. The number of methoxy groups -OCH3 is 1. The highest BCUT2D eigenvalue weighted by molar-refractivity contribution is 5.86. The zero-order valence-corrected chi connectivity index (χ0v) is 14.8. The number of hydrogen-bond donors (Lipinski definition) is 0. The summed E-state index contributed by atoms with van der Waals surface area (Å²) >= 11 is 0. The minimum Gasteiger partial charge on any atom is -0.494 e. The monoisotopic (exact) mass is 346 g/mol. The number of fused-ring (bicyclic) bond motifs is 1. The highest BCUT2D eigenvalue weighted by Gasteiger charge is 2.13. The van der Waals surface area contributed by atoms with Crippen LogP contribution in [-0.2, 0) is 0 Å². The van der Waals surface area contributed by atoms with Crippen molar-refractivity contribution >= 4 is 16.6 Å². The molecule has 0 atom stereocenters. The van der Waals surface area contributed by atoms with Gasteiger partial charge in [-0.25, -0.2) is 4.98 Å². The van der Waals surface area contributed by atoms with Crippen LogP contribution in [0.25, 0.3) is 33.9 Å². The van der Waals surface area contributed by atoms with Crippen LogP contribution in [0, 0.1) is 0 Å². The van der Waals surface area contributed by atoms with E-state index in [1.165, 1.54) is 0 Å². The third kappa shape index (κ3) is 2.86. The van der Waals surface area contributed by atoms with Crippen LogP contribution >= 0.6 is 0 Å². The highest BCUT2D eigenvalue weighted by Crippen LogP contribution is 2.28. The van der Waals surface area contributed by atoms with Gasteiger partial charge in [0, 0.05) is 30.7 Å². The number of aromatic nitrogens is 3. The van der Waals surface area contributed by atoms with Crippen molar-refractivity contribution in [2.75, 3.05) is 26.1 Å². The summed E-state index contributed by atoms with van der Waals surface area (Å²) in [5, 5.41) is 9.30. The Morgan fingerprint density at radius 3 is 2.38 bits per heavy atom. The Labute approximate surface area is 151 Å². The average molecular weight is 346 g/mol. The van der Waals surface area contributed by atoms with E-state index < -0.39 is 0 Å². The second-order valence-corrected chi connectivity index (χ2v) is 6.08. The number of rotatable bonds is 4. The number of anilines is 1. The van der Waals surface area contributed by atoms with Crippen LogP contribution < -0.4 is 9.64 Å². The van der Waals surface area contributed by atoms with Gasteiger partial charge in [0.05, 0.1) is 7.11 Å². The molecule has 4 rings (SSSR count). The van der Waals surface area contributed by atoms with E-state index in [1.54, 1.807) is 7.11 Å².